The van der Waals surface area contributed by atoms with E-state index in [0.29, 0.717) is 5.56 Å². The Kier molecular flexibility index (Phi) is 5.40. The third kappa shape index (κ3) is 4.98. The molecule has 3 aromatic rings. The van der Waals surface area contributed by atoms with E-state index < -0.39 is 27.7 Å². The van der Waals surface area contributed by atoms with Crippen LogP contribution in [-0.4, -0.2) is 19.3 Å². The van der Waals surface area contributed by atoms with Gasteiger partial charge in [0, 0.05) is 11.9 Å². The van der Waals surface area contributed by atoms with Crippen molar-refractivity contribution in [2.24, 2.45) is 5.14 Å². The van der Waals surface area contributed by atoms with Crippen molar-refractivity contribution >= 4 is 21.6 Å². The average molecular weight is 421 g/mol. The minimum absolute atomic E-state index is 0.0547. The first kappa shape index (κ1) is 20.5. The Bertz CT molecular complexity index is 1180. The third-order valence-corrected chi connectivity index (χ3v) is 4.85. The summed E-state index contributed by atoms with van der Waals surface area (Å²) < 4.78 is 61.6. The number of nitrogens with zero attached hydrogens (tertiary/aromatic N) is 1. The van der Waals surface area contributed by atoms with Gasteiger partial charge < -0.3 is 5.32 Å². The van der Waals surface area contributed by atoms with Gasteiger partial charge in [-0.15, -0.1) is 0 Å². The molecule has 0 bridgehead atoms. The second-order valence-electron chi connectivity index (χ2n) is 6.04. The van der Waals surface area contributed by atoms with Crippen LogP contribution in [0.3, 0.4) is 0 Å². The second-order valence-corrected chi connectivity index (χ2v) is 7.60. The van der Waals surface area contributed by atoms with Gasteiger partial charge in [0.25, 0.3) is 5.91 Å². The molecule has 0 fully saturated rings. The van der Waals surface area contributed by atoms with E-state index in [2.05, 4.69) is 10.3 Å². The molecule has 0 radical (unpaired) electrons. The highest BCUT2D eigenvalue weighted by Gasteiger charge is 2.30. The first-order valence-electron chi connectivity index (χ1n) is 8.12. The first-order valence-corrected chi connectivity index (χ1v) is 9.66. The van der Waals surface area contributed by atoms with E-state index in [9.17, 15) is 26.4 Å². The predicted octanol–water partition coefficient (Wildman–Crippen LogP) is 3.67. The predicted molar refractivity (Wildman–Crippen MR) is 100 cm³/mol. The molecule has 1 amide bonds. The Balaban J connectivity index is 1.88. The van der Waals surface area contributed by atoms with Gasteiger partial charge in [-0.1, -0.05) is 18.2 Å². The number of carbonyl (C=O) groups is 1. The molecule has 0 saturated heterocycles. The number of benzene rings is 2. The Labute approximate surface area is 164 Å². The quantitative estimate of drug-likeness (QED) is 0.671. The molecule has 2 aromatic carbocycles. The van der Waals surface area contributed by atoms with Crippen molar-refractivity contribution in [2.75, 3.05) is 5.32 Å². The smallest absolute Gasteiger partial charge is 0.321 e. The largest absolute Gasteiger partial charge is 0.416 e. The summed E-state index contributed by atoms with van der Waals surface area (Å²) >= 11 is 0. The summed E-state index contributed by atoms with van der Waals surface area (Å²) in [6.07, 6.45) is -3.19. The normalized spacial score (nSPS) is 11.9. The fourth-order valence-corrected chi connectivity index (χ4v) is 3.11. The Morgan fingerprint density at radius 2 is 1.66 bits per heavy atom. The number of anilines is 1. The number of hydrogen-bond donors (Lipinski definition) is 2. The zero-order valence-corrected chi connectivity index (χ0v) is 15.5. The number of hydrogen-bond acceptors (Lipinski definition) is 4. The van der Waals surface area contributed by atoms with Crippen molar-refractivity contribution in [3.8, 4) is 11.1 Å². The van der Waals surface area contributed by atoms with E-state index >= 15 is 0 Å². The van der Waals surface area contributed by atoms with E-state index in [-0.39, 0.29) is 21.8 Å². The highest BCUT2D eigenvalue weighted by molar-refractivity contribution is 7.89. The first-order chi connectivity index (χ1) is 13.5. The van der Waals surface area contributed by atoms with Crippen LogP contribution in [0.1, 0.15) is 16.1 Å². The lowest BCUT2D eigenvalue weighted by atomic mass is 10.0. The standard InChI is InChI=1S/C19H14F3N3O3S/c20-19(21,22)14-4-1-3-12(9-14)13-7-8-24-17(10-13)18(26)25-15-5-2-6-16(11-15)29(23,27)28/h1-11H,(H,25,26)(H2,23,27,28). The lowest BCUT2D eigenvalue weighted by Crippen LogP contribution is -2.15. The van der Waals surface area contributed by atoms with Gasteiger partial charge in [-0.05, 0) is 53.6 Å². The van der Waals surface area contributed by atoms with Crippen molar-refractivity contribution in [3.05, 3.63) is 78.1 Å². The molecule has 1 aromatic heterocycles. The molecule has 6 nitrogen and oxygen atoms in total. The van der Waals surface area contributed by atoms with E-state index in [0.717, 1.165) is 12.1 Å². The SMILES string of the molecule is NS(=O)(=O)c1cccc(NC(=O)c2cc(-c3cccc(C(F)(F)F)c3)ccn2)c1. The highest BCUT2D eigenvalue weighted by Crippen LogP contribution is 2.32. The number of primary sulfonamides is 1. The summed E-state index contributed by atoms with van der Waals surface area (Å²) in [7, 11) is -3.94. The van der Waals surface area contributed by atoms with Gasteiger partial charge >= 0.3 is 6.18 Å². The van der Waals surface area contributed by atoms with Crippen LogP contribution in [-0.2, 0) is 16.2 Å². The zero-order valence-electron chi connectivity index (χ0n) is 14.6. The Morgan fingerprint density at radius 1 is 0.966 bits per heavy atom. The summed E-state index contributed by atoms with van der Waals surface area (Å²) in [4.78, 5) is 16.2. The van der Waals surface area contributed by atoms with Crippen molar-refractivity contribution < 1.29 is 26.4 Å². The molecule has 29 heavy (non-hydrogen) atoms. The van der Waals surface area contributed by atoms with Crippen LogP contribution in [0.25, 0.3) is 11.1 Å². The van der Waals surface area contributed by atoms with Crippen LogP contribution in [0, 0.1) is 0 Å². The fraction of sp³-hybridized carbons (Fsp3) is 0.0526. The maximum Gasteiger partial charge on any atom is 0.416 e. The molecule has 150 valence electrons. The van der Waals surface area contributed by atoms with Gasteiger partial charge in [0.1, 0.15) is 5.69 Å². The minimum atomic E-state index is -4.49. The second kappa shape index (κ2) is 7.64. The summed E-state index contributed by atoms with van der Waals surface area (Å²) in [5.41, 5.74) is -0.0478. The van der Waals surface area contributed by atoms with Crippen LogP contribution in [0.4, 0.5) is 18.9 Å². The van der Waals surface area contributed by atoms with Crippen molar-refractivity contribution in [2.45, 2.75) is 11.1 Å². The van der Waals surface area contributed by atoms with Crippen LogP contribution < -0.4 is 10.5 Å². The third-order valence-electron chi connectivity index (χ3n) is 3.94. The van der Waals surface area contributed by atoms with E-state index in [4.69, 9.17) is 5.14 Å². The number of nitrogens with two attached hydrogens (primary N) is 1. The molecular formula is C19H14F3N3O3S. The molecule has 0 saturated carbocycles. The summed E-state index contributed by atoms with van der Waals surface area (Å²) in [6.45, 7) is 0. The van der Waals surface area contributed by atoms with Gasteiger partial charge in [-0.2, -0.15) is 13.2 Å². The van der Waals surface area contributed by atoms with Gasteiger partial charge in [-0.3, -0.25) is 9.78 Å². The van der Waals surface area contributed by atoms with Crippen LogP contribution in [0.2, 0.25) is 0 Å². The van der Waals surface area contributed by atoms with Gasteiger partial charge in [0.05, 0.1) is 10.5 Å². The number of pyridine rings is 1. The molecule has 3 N–H and O–H groups in total. The minimum Gasteiger partial charge on any atom is -0.321 e. The highest BCUT2D eigenvalue weighted by atomic mass is 32.2. The number of rotatable bonds is 4. The fourth-order valence-electron chi connectivity index (χ4n) is 2.56. The number of amides is 1. The number of nitrogens with one attached hydrogen (secondary N) is 1. The number of alkyl halides is 3. The topological polar surface area (TPSA) is 102 Å². The monoisotopic (exact) mass is 421 g/mol. The molecule has 0 unspecified atom stereocenters. The summed E-state index contributed by atoms with van der Waals surface area (Å²) in [5, 5.41) is 7.55. The molecule has 1 heterocycles. The molecule has 0 spiro atoms. The van der Waals surface area contributed by atoms with Gasteiger partial charge in [0.2, 0.25) is 10.0 Å². The Morgan fingerprint density at radius 3 is 2.34 bits per heavy atom. The molecule has 0 atom stereocenters. The van der Waals surface area contributed by atoms with E-state index in [1.54, 1.807) is 0 Å². The van der Waals surface area contributed by atoms with Crippen LogP contribution in [0.15, 0.2) is 71.8 Å². The zero-order chi connectivity index (χ0) is 21.2. The maximum absolute atomic E-state index is 12.9. The van der Waals surface area contributed by atoms with E-state index in [1.807, 2.05) is 0 Å². The lowest BCUT2D eigenvalue weighted by molar-refractivity contribution is -0.137. The number of carbonyl (C=O) groups excluding carboxylic acids is 1. The molecule has 3 rings (SSSR count). The summed E-state index contributed by atoms with van der Waals surface area (Å²) in [6, 6.07) is 12.8. The lowest BCUT2D eigenvalue weighted by Gasteiger charge is -2.10. The molecular weight excluding hydrogens is 407 g/mol. The molecule has 0 aliphatic carbocycles. The number of sulfonamides is 1. The Hall–Kier alpha value is -3.24. The van der Waals surface area contributed by atoms with Crippen LogP contribution >= 0.6 is 0 Å². The maximum atomic E-state index is 12.9. The number of halogens is 3. The van der Waals surface area contributed by atoms with Crippen molar-refractivity contribution in [3.63, 3.8) is 0 Å². The van der Waals surface area contributed by atoms with Crippen molar-refractivity contribution in [1.82, 2.24) is 4.98 Å². The number of aromatic nitrogens is 1. The van der Waals surface area contributed by atoms with Crippen molar-refractivity contribution in [1.29, 1.82) is 0 Å². The molecule has 0 aliphatic heterocycles. The van der Waals surface area contributed by atoms with E-state index in [1.165, 1.54) is 54.7 Å². The van der Waals surface area contributed by atoms with Crippen LogP contribution in [0.5, 0.6) is 0 Å². The molecule has 0 aliphatic rings. The molecule has 10 heteroatoms. The van der Waals surface area contributed by atoms with Gasteiger partial charge in [0.15, 0.2) is 0 Å². The summed E-state index contributed by atoms with van der Waals surface area (Å²) in [5.74, 6) is -0.662. The average Bonchev–Trinajstić information content (AvgIpc) is 2.67. The van der Waals surface area contributed by atoms with Gasteiger partial charge in [-0.25, -0.2) is 13.6 Å².